The van der Waals surface area contributed by atoms with Gasteiger partial charge in [-0.25, -0.2) is 4.52 Å². The third-order valence-corrected chi connectivity index (χ3v) is 7.61. The standard InChI is InChI=1S/C31H35N5O3/c1-3-8-29-27(17-23-11-7-12-26(28(23)18-32)22-9-5-4-6-10-22)30(38)35(31-33-20-34-36(29)31)24-13-15-25(16-14-24)39-19-21(2)37/h4-7,9-12,20-21,24-25,37H,3,8,13-17,19H2,1-2H3. The van der Waals surface area contributed by atoms with E-state index in [1.807, 2.05) is 57.6 Å². The summed E-state index contributed by atoms with van der Waals surface area (Å²) in [6, 6.07) is 18.1. The summed E-state index contributed by atoms with van der Waals surface area (Å²) in [6.07, 6.45) is 6.19. The molecule has 0 radical (unpaired) electrons. The normalized spacial score (nSPS) is 18.2. The van der Waals surface area contributed by atoms with Crippen molar-refractivity contribution >= 4 is 5.78 Å². The van der Waals surface area contributed by atoms with Crippen molar-refractivity contribution in [2.75, 3.05) is 6.61 Å². The van der Waals surface area contributed by atoms with Gasteiger partial charge in [0, 0.05) is 18.0 Å². The molecule has 1 saturated carbocycles. The first-order valence-corrected chi connectivity index (χ1v) is 13.8. The zero-order valence-electron chi connectivity index (χ0n) is 22.6. The van der Waals surface area contributed by atoms with Gasteiger partial charge in [0.2, 0.25) is 5.78 Å². The van der Waals surface area contributed by atoms with Crippen molar-refractivity contribution in [1.29, 1.82) is 5.26 Å². The fraction of sp³-hybridized carbons (Fsp3) is 0.419. The summed E-state index contributed by atoms with van der Waals surface area (Å²) in [6.45, 7) is 4.13. The van der Waals surface area contributed by atoms with Crippen LogP contribution >= 0.6 is 0 Å². The first-order valence-electron chi connectivity index (χ1n) is 13.8. The largest absolute Gasteiger partial charge is 0.391 e. The molecule has 0 amide bonds. The van der Waals surface area contributed by atoms with E-state index in [0.29, 0.717) is 36.4 Å². The number of aromatic nitrogens is 4. The molecular weight excluding hydrogens is 490 g/mol. The van der Waals surface area contributed by atoms with E-state index in [4.69, 9.17) is 4.74 Å². The fourth-order valence-corrected chi connectivity index (χ4v) is 5.75. The minimum absolute atomic E-state index is 0.0175. The van der Waals surface area contributed by atoms with Gasteiger partial charge >= 0.3 is 0 Å². The number of aliphatic hydroxyl groups is 1. The van der Waals surface area contributed by atoms with Crippen LogP contribution in [0.15, 0.2) is 59.7 Å². The van der Waals surface area contributed by atoms with Crippen LogP contribution in [0.5, 0.6) is 0 Å². The van der Waals surface area contributed by atoms with Crippen LogP contribution in [0, 0.1) is 11.3 Å². The van der Waals surface area contributed by atoms with Gasteiger partial charge in [0.05, 0.1) is 30.1 Å². The SMILES string of the molecule is CCCc1c(Cc2cccc(-c3ccccc3)c2C#N)c(=O)n(C2CCC(OCC(C)O)CC2)c2ncnn12. The maximum atomic E-state index is 14.3. The Hall–Kier alpha value is -3.80. The molecule has 0 aliphatic heterocycles. The summed E-state index contributed by atoms with van der Waals surface area (Å²) in [5.74, 6) is 0.569. The molecule has 1 aliphatic rings. The molecule has 1 N–H and O–H groups in total. The van der Waals surface area contributed by atoms with E-state index >= 15 is 0 Å². The summed E-state index contributed by atoms with van der Waals surface area (Å²) in [5, 5.41) is 24.3. The zero-order valence-corrected chi connectivity index (χ0v) is 22.6. The molecule has 0 spiro atoms. The smallest absolute Gasteiger partial charge is 0.259 e. The quantitative estimate of drug-likeness (QED) is 0.335. The molecule has 8 heteroatoms. The number of hydrogen-bond donors (Lipinski definition) is 1. The Morgan fingerprint density at radius 2 is 1.90 bits per heavy atom. The lowest BCUT2D eigenvalue weighted by molar-refractivity contribution is -0.0232. The van der Waals surface area contributed by atoms with Gasteiger partial charge in [-0.15, -0.1) is 0 Å². The van der Waals surface area contributed by atoms with Crippen molar-refractivity contribution in [2.24, 2.45) is 0 Å². The summed E-state index contributed by atoms with van der Waals surface area (Å²) >= 11 is 0. The highest BCUT2D eigenvalue weighted by Crippen LogP contribution is 2.32. The fourth-order valence-electron chi connectivity index (χ4n) is 5.75. The first-order chi connectivity index (χ1) is 19.0. The predicted octanol–water partition coefficient (Wildman–Crippen LogP) is 4.85. The van der Waals surface area contributed by atoms with E-state index in [9.17, 15) is 15.2 Å². The van der Waals surface area contributed by atoms with Crippen LogP contribution in [0.1, 0.15) is 74.4 Å². The molecule has 8 nitrogen and oxygen atoms in total. The molecule has 0 saturated heterocycles. The van der Waals surface area contributed by atoms with Crippen molar-refractivity contribution in [2.45, 2.75) is 77.0 Å². The highest BCUT2D eigenvalue weighted by molar-refractivity contribution is 5.72. The van der Waals surface area contributed by atoms with Crippen LogP contribution in [0.2, 0.25) is 0 Å². The Morgan fingerprint density at radius 1 is 1.13 bits per heavy atom. The predicted molar refractivity (Wildman–Crippen MR) is 150 cm³/mol. The summed E-state index contributed by atoms with van der Waals surface area (Å²) in [4.78, 5) is 18.8. The second-order valence-corrected chi connectivity index (χ2v) is 10.4. The lowest BCUT2D eigenvalue weighted by atomic mass is 9.91. The Balaban J connectivity index is 1.56. The topological polar surface area (TPSA) is 105 Å². The third-order valence-electron chi connectivity index (χ3n) is 7.61. The Kier molecular flexibility index (Phi) is 8.20. The number of rotatable bonds is 9. The van der Waals surface area contributed by atoms with Gasteiger partial charge in [0.25, 0.3) is 5.56 Å². The summed E-state index contributed by atoms with van der Waals surface area (Å²) < 4.78 is 9.50. The van der Waals surface area contributed by atoms with Crippen LogP contribution in [-0.4, -0.2) is 43.1 Å². The molecule has 1 aliphatic carbocycles. The highest BCUT2D eigenvalue weighted by atomic mass is 16.5. The Bertz CT molecular complexity index is 1530. The molecule has 1 atom stereocenters. The van der Waals surface area contributed by atoms with E-state index in [1.54, 1.807) is 6.92 Å². The van der Waals surface area contributed by atoms with Gasteiger partial charge in [0.1, 0.15) is 12.4 Å². The van der Waals surface area contributed by atoms with Crippen molar-refractivity contribution in [3.05, 3.63) is 87.6 Å². The number of ether oxygens (including phenoxy) is 1. The number of nitriles is 1. The number of aliphatic hydroxyl groups excluding tert-OH is 1. The lowest BCUT2D eigenvalue weighted by Crippen LogP contribution is -2.35. The second-order valence-electron chi connectivity index (χ2n) is 10.4. The van der Waals surface area contributed by atoms with Gasteiger partial charge < -0.3 is 9.84 Å². The molecule has 0 bridgehead atoms. The van der Waals surface area contributed by atoms with Gasteiger partial charge in [-0.05, 0) is 55.7 Å². The monoisotopic (exact) mass is 525 g/mol. The van der Waals surface area contributed by atoms with Crippen LogP contribution < -0.4 is 5.56 Å². The Morgan fingerprint density at radius 3 is 2.59 bits per heavy atom. The molecule has 2 aromatic heterocycles. The first kappa shape index (κ1) is 26.8. The van der Waals surface area contributed by atoms with Crippen LogP contribution in [0.4, 0.5) is 0 Å². The second kappa shape index (κ2) is 11.9. The minimum atomic E-state index is -0.492. The molecule has 2 heterocycles. The van der Waals surface area contributed by atoms with Crippen molar-refractivity contribution in [3.63, 3.8) is 0 Å². The number of fused-ring (bicyclic) bond motifs is 1. The zero-order chi connectivity index (χ0) is 27.4. The molecule has 1 unspecified atom stereocenters. The van der Waals surface area contributed by atoms with Gasteiger partial charge in [-0.3, -0.25) is 9.36 Å². The molecule has 2 aromatic carbocycles. The van der Waals surface area contributed by atoms with Gasteiger partial charge in [-0.2, -0.15) is 15.3 Å². The molecule has 4 aromatic rings. The third kappa shape index (κ3) is 5.51. The number of hydrogen-bond acceptors (Lipinski definition) is 6. The Labute approximate surface area is 228 Å². The van der Waals surface area contributed by atoms with E-state index in [1.165, 1.54) is 6.33 Å². The molecular formula is C31H35N5O3. The maximum absolute atomic E-state index is 14.3. The molecule has 39 heavy (non-hydrogen) atoms. The minimum Gasteiger partial charge on any atom is -0.391 e. The van der Waals surface area contributed by atoms with Crippen LogP contribution in [-0.2, 0) is 17.6 Å². The average molecular weight is 526 g/mol. The number of benzene rings is 2. The van der Waals surface area contributed by atoms with Crippen molar-refractivity contribution < 1.29 is 9.84 Å². The van der Waals surface area contributed by atoms with E-state index < -0.39 is 6.10 Å². The van der Waals surface area contributed by atoms with E-state index in [-0.39, 0.29) is 17.7 Å². The molecule has 5 rings (SSSR count). The average Bonchev–Trinajstić information content (AvgIpc) is 3.44. The summed E-state index contributed by atoms with van der Waals surface area (Å²) in [5.41, 5.74) is 4.73. The van der Waals surface area contributed by atoms with Gasteiger partial charge in [-0.1, -0.05) is 61.9 Å². The van der Waals surface area contributed by atoms with Crippen molar-refractivity contribution in [1.82, 2.24) is 19.2 Å². The maximum Gasteiger partial charge on any atom is 0.259 e. The molecule has 1 fully saturated rings. The van der Waals surface area contributed by atoms with Crippen LogP contribution in [0.25, 0.3) is 16.9 Å². The van der Waals surface area contributed by atoms with Crippen molar-refractivity contribution in [3.8, 4) is 17.2 Å². The van der Waals surface area contributed by atoms with E-state index in [2.05, 4.69) is 23.1 Å². The van der Waals surface area contributed by atoms with E-state index in [0.717, 1.165) is 54.5 Å². The molecule has 202 valence electrons. The summed E-state index contributed by atoms with van der Waals surface area (Å²) in [7, 11) is 0. The lowest BCUT2D eigenvalue weighted by Gasteiger charge is -2.31. The highest BCUT2D eigenvalue weighted by Gasteiger charge is 2.28. The number of aryl methyl sites for hydroxylation is 1. The van der Waals surface area contributed by atoms with Crippen LogP contribution in [0.3, 0.4) is 0 Å². The number of nitrogens with zero attached hydrogens (tertiary/aromatic N) is 5. The van der Waals surface area contributed by atoms with Gasteiger partial charge in [0.15, 0.2) is 0 Å².